The Morgan fingerprint density at radius 1 is 0.778 bits per heavy atom. The number of hydrogen-bond acceptors (Lipinski definition) is 2. The van der Waals surface area contributed by atoms with Gasteiger partial charge in [-0.3, -0.25) is 9.59 Å². The molecular weight excluding hydrogens is 404 g/mol. The molecule has 4 nitrogen and oxygen atoms in total. The van der Waals surface area contributed by atoms with Crippen molar-refractivity contribution in [3.05, 3.63) is 106 Å². The number of para-hydroxylation sites is 1. The molecule has 0 saturated carbocycles. The van der Waals surface area contributed by atoms with Crippen molar-refractivity contribution in [3.63, 3.8) is 0 Å². The molecule has 3 aromatic rings. The maximum Gasteiger partial charge on any atom is 0.272 e. The lowest BCUT2D eigenvalue weighted by atomic mass is 10.1. The van der Waals surface area contributed by atoms with E-state index >= 15 is 0 Å². The van der Waals surface area contributed by atoms with Crippen molar-refractivity contribution >= 4 is 39.5 Å². The van der Waals surface area contributed by atoms with Crippen molar-refractivity contribution in [1.29, 1.82) is 0 Å². The average Bonchev–Trinajstić information content (AvgIpc) is 2.70. The minimum Gasteiger partial charge on any atom is -0.321 e. The molecule has 0 bridgehead atoms. The summed E-state index contributed by atoms with van der Waals surface area (Å²) >= 11 is 3.39. The standard InChI is InChI=1S/C22H17BrN2O2/c23-18-13-11-16(12-14-18)15-20(22(27)24-19-9-5-2-6-10-19)25-21(26)17-7-3-1-4-8-17/h1-15H,(H,24,27)(H,25,26). The van der Waals surface area contributed by atoms with Gasteiger partial charge in [0.2, 0.25) is 0 Å². The molecule has 3 rings (SSSR count). The Morgan fingerprint density at radius 3 is 2.00 bits per heavy atom. The Labute approximate surface area is 166 Å². The average molecular weight is 421 g/mol. The largest absolute Gasteiger partial charge is 0.321 e. The lowest BCUT2D eigenvalue weighted by Gasteiger charge is -2.11. The fraction of sp³-hybridized carbons (Fsp3) is 0. The quantitative estimate of drug-likeness (QED) is 0.579. The van der Waals surface area contributed by atoms with Gasteiger partial charge in [0.05, 0.1) is 0 Å². The lowest BCUT2D eigenvalue weighted by molar-refractivity contribution is -0.113. The molecule has 0 unspecified atom stereocenters. The van der Waals surface area contributed by atoms with Crippen LogP contribution in [0.15, 0.2) is 95.1 Å². The normalized spacial score (nSPS) is 10.9. The fourth-order valence-corrected chi connectivity index (χ4v) is 2.65. The zero-order chi connectivity index (χ0) is 19.1. The predicted molar refractivity (Wildman–Crippen MR) is 111 cm³/mol. The van der Waals surface area contributed by atoms with Crippen LogP contribution in [0.25, 0.3) is 6.08 Å². The van der Waals surface area contributed by atoms with Gasteiger partial charge in [0, 0.05) is 15.7 Å². The van der Waals surface area contributed by atoms with Gasteiger partial charge in [0.1, 0.15) is 5.70 Å². The van der Waals surface area contributed by atoms with Crippen molar-refractivity contribution in [1.82, 2.24) is 5.32 Å². The summed E-state index contributed by atoms with van der Waals surface area (Å²) in [6.07, 6.45) is 1.64. The van der Waals surface area contributed by atoms with Gasteiger partial charge < -0.3 is 10.6 Å². The molecule has 3 aromatic carbocycles. The number of nitrogens with one attached hydrogen (secondary N) is 2. The summed E-state index contributed by atoms with van der Waals surface area (Å²) < 4.78 is 0.934. The maximum atomic E-state index is 12.7. The highest BCUT2D eigenvalue weighted by Crippen LogP contribution is 2.14. The number of carbonyl (C=O) groups excluding carboxylic acids is 2. The molecule has 0 heterocycles. The van der Waals surface area contributed by atoms with E-state index in [2.05, 4.69) is 26.6 Å². The molecule has 134 valence electrons. The van der Waals surface area contributed by atoms with Gasteiger partial charge in [-0.15, -0.1) is 0 Å². The first-order valence-corrected chi connectivity index (χ1v) is 9.11. The number of anilines is 1. The molecule has 0 saturated heterocycles. The molecule has 2 amide bonds. The molecule has 0 atom stereocenters. The second kappa shape index (κ2) is 8.96. The molecule has 0 fully saturated rings. The summed E-state index contributed by atoms with van der Waals surface area (Å²) in [5.74, 6) is -0.740. The van der Waals surface area contributed by atoms with Crippen molar-refractivity contribution in [2.45, 2.75) is 0 Å². The zero-order valence-corrected chi connectivity index (χ0v) is 15.9. The third-order valence-electron chi connectivity index (χ3n) is 3.74. The van der Waals surface area contributed by atoms with Crippen LogP contribution < -0.4 is 10.6 Å². The Bertz CT molecular complexity index is 953. The molecular formula is C22H17BrN2O2. The number of rotatable bonds is 5. The summed E-state index contributed by atoms with van der Waals surface area (Å²) in [6.45, 7) is 0. The smallest absolute Gasteiger partial charge is 0.272 e. The number of carbonyl (C=O) groups is 2. The Morgan fingerprint density at radius 2 is 1.37 bits per heavy atom. The first kappa shape index (κ1) is 18.6. The third kappa shape index (κ3) is 5.39. The molecule has 0 radical (unpaired) electrons. The van der Waals surface area contributed by atoms with E-state index in [1.54, 1.807) is 42.5 Å². The highest BCUT2D eigenvalue weighted by atomic mass is 79.9. The summed E-state index contributed by atoms with van der Waals surface area (Å²) in [7, 11) is 0. The zero-order valence-electron chi connectivity index (χ0n) is 14.4. The van der Waals surface area contributed by atoms with Crippen molar-refractivity contribution in [2.24, 2.45) is 0 Å². The summed E-state index contributed by atoms with van der Waals surface area (Å²) in [6, 6.07) is 25.3. The number of hydrogen-bond donors (Lipinski definition) is 2. The molecule has 0 spiro atoms. The van der Waals surface area contributed by atoms with E-state index < -0.39 is 5.91 Å². The minimum atomic E-state index is -0.395. The molecule has 5 heteroatoms. The summed E-state index contributed by atoms with van der Waals surface area (Å²) in [4.78, 5) is 25.3. The van der Waals surface area contributed by atoms with Crippen LogP contribution in [0.5, 0.6) is 0 Å². The Hall–Kier alpha value is -3.18. The SMILES string of the molecule is O=C(Nc1ccccc1)C(=Cc1ccc(Br)cc1)NC(=O)c1ccccc1. The highest BCUT2D eigenvalue weighted by Gasteiger charge is 2.14. The Balaban J connectivity index is 1.87. The van der Waals surface area contributed by atoms with Crippen LogP contribution in [0.3, 0.4) is 0 Å². The van der Waals surface area contributed by atoms with Crippen LogP contribution in [-0.4, -0.2) is 11.8 Å². The van der Waals surface area contributed by atoms with Gasteiger partial charge in [0.15, 0.2) is 0 Å². The first-order valence-electron chi connectivity index (χ1n) is 8.32. The third-order valence-corrected chi connectivity index (χ3v) is 4.27. The number of amides is 2. The van der Waals surface area contributed by atoms with E-state index in [-0.39, 0.29) is 11.6 Å². The second-order valence-electron chi connectivity index (χ2n) is 5.75. The Kier molecular flexibility index (Phi) is 6.18. The highest BCUT2D eigenvalue weighted by molar-refractivity contribution is 9.10. The summed E-state index contributed by atoms with van der Waals surface area (Å²) in [5, 5.41) is 5.51. The van der Waals surface area contributed by atoms with Gasteiger partial charge in [-0.2, -0.15) is 0 Å². The van der Waals surface area contributed by atoms with Gasteiger partial charge in [-0.05, 0) is 48.0 Å². The van der Waals surface area contributed by atoms with Crippen LogP contribution in [0.1, 0.15) is 15.9 Å². The van der Waals surface area contributed by atoms with E-state index in [0.717, 1.165) is 10.0 Å². The fourth-order valence-electron chi connectivity index (χ4n) is 2.39. The molecule has 0 aliphatic rings. The minimum absolute atomic E-state index is 0.162. The van der Waals surface area contributed by atoms with Crippen molar-refractivity contribution < 1.29 is 9.59 Å². The second-order valence-corrected chi connectivity index (χ2v) is 6.67. The van der Waals surface area contributed by atoms with E-state index in [4.69, 9.17) is 0 Å². The molecule has 0 aliphatic heterocycles. The van der Waals surface area contributed by atoms with Crippen LogP contribution >= 0.6 is 15.9 Å². The predicted octanol–water partition coefficient (Wildman–Crippen LogP) is 4.86. The molecule has 0 aromatic heterocycles. The van der Waals surface area contributed by atoms with E-state index in [9.17, 15) is 9.59 Å². The first-order chi connectivity index (χ1) is 13.1. The van der Waals surface area contributed by atoms with Crippen LogP contribution in [-0.2, 0) is 4.79 Å². The molecule has 0 aliphatic carbocycles. The number of halogens is 1. The van der Waals surface area contributed by atoms with Crippen molar-refractivity contribution in [3.8, 4) is 0 Å². The topological polar surface area (TPSA) is 58.2 Å². The van der Waals surface area contributed by atoms with E-state index in [1.165, 1.54) is 0 Å². The van der Waals surface area contributed by atoms with Crippen LogP contribution in [0.2, 0.25) is 0 Å². The van der Waals surface area contributed by atoms with Gasteiger partial charge in [-0.25, -0.2) is 0 Å². The molecule has 27 heavy (non-hydrogen) atoms. The van der Waals surface area contributed by atoms with E-state index in [0.29, 0.717) is 11.3 Å². The van der Waals surface area contributed by atoms with Crippen molar-refractivity contribution in [2.75, 3.05) is 5.32 Å². The van der Waals surface area contributed by atoms with Gasteiger partial charge in [0.25, 0.3) is 11.8 Å². The number of benzene rings is 3. The monoisotopic (exact) mass is 420 g/mol. The van der Waals surface area contributed by atoms with Gasteiger partial charge >= 0.3 is 0 Å². The van der Waals surface area contributed by atoms with E-state index in [1.807, 2.05) is 48.5 Å². The molecule has 2 N–H and O–H groups in total. The van der Waals surface area contributed by atoms with Gasteiger partial charge in [-0.1, -0.05) is 64.5 Å². The maximum absolute atomic E-state index is 12.7. The summed E-state index contributed by atoms with van der Waals surface area (Å²) in [5.41, 5.74) is 2.09. The van der Waals surface area contributed by atoms with Crippen LogP contribution in [0.4, 0.5) is 5.69 Å². The van der Waals surface area contributed by atoms with Crippen LogP contribution in [0, 0.1) is 0 Å². The lowest BCUT2D eigenvalue weighted by Crippen LogP contribution is -2.30.